The van der Waals surface area contributed by atoms with E-state index in [1.807, 2.05) is 62.3 Å². The Labute approximate surface area is 546 Å². The molecule has 0 spiro atoms. The zero-order chi connectivity index (χ0) is 66.0. The van der Waals surface area contributed by atoms with Crippen LogP contribution in [0.5, 0.6) is 0 Å². The second kappa shape index (κ2) is 29.9. The summed E-state index contributed by atoms with van der Waals surface area (Å²) in [7, 11) is 4.92. The van der Waals surface area contributed by atoms with Gasteiger partial charge >= 0.3 is 17.9 Å². The van der Waals surface area contributed by atoms with Crippen molar-refractivity contribution >= 4 is 115 Å². The van der Waals surface area contributed by atoms with E-state index < -0.39 is 35.1 Å². The van der Waals surface area contributed by atoms with Crippen molar-refractivity contribution in [2.75, 3.05) is 61.0 Å². The van der Waals surface area contributed by atoms with Crippen LogP contribution in [0.4, 0.5) is 0 Å². The molecule has 0 saturated carbocycles. The van der Waals surface area contributed by atoms with Gasteiger partial charge in [-0.05, 0) is 174 Å². The molecule has 3 atom stereocenters. The number of carbonyl (C=O) groups excluding carboxylic acids is 3. The first-order valence-corrected chi connectivity index (χ1v) is 32.7. The highest BCUT2D eigenvalue weighted by Crippen LogP contribution is 2.39. The monoisotopic (exact) mass is 1250 g/mol. The summed E-state index contributed by atoms with van der Waals surface area (Å²) in [5.41, 5.74) is 2.06. The Kier molecular flexibility index (Phi) is 21.8. The molecule has 0 bridgehead atoms. The Morgan fingerprint density at radius 3 is 0.688 bits per heavy atom. The number of hydrogen-bond acceptors (Lipinski definition) is 12. The SMILES string of the molecule is CCC(C)(C)C(=O)OCCOC(Cc1cc2ccc3cccc4ccc(c1)c2c34)OC.CCC(C)(C)C(=O)OCCOC(Cc1cc2ccc3cccc4ccc(c1)c2c34)OC.CCC(C)(C)C(=O)OCCOC(Cc1cc2ccc3cccc4ccc(c1)c2c34)OC. The zero-order valence-electron chi connectivity index (χ0n) is 56.2. The first-order chi connectivity index (χ1) is 44.8. The van der Waals surface area contributed by atoms with Gasteiger partial charge in [-0.15, -0.1) is 0 Å². The van der Waals surface area contributed by atoms with Crippen LogP contribution in [-0.4, -0.2) is 97.7 Å². The molecule has 12 aromatic carbocycles. The van der Waals surface area contributed by atoms with Gasteiger partial charge in [0, 0.05) is 40.6 Å². The third-order valence-corrected chi connectivity index (χ3v) is 18.7. The minimum absolute atomic E-state index is 0.195. The maximum atomic E-state index is 12.1. The molecule has 0 aromatic heterocycles. The smallest absolute Gasteiger partial charge is 0.311 e. The van der Waals surface area contributed by atoms with Gasteiger partial charge < -0.3 is 42.6 Å². The lowest BCUT2D eigenvalue weighted by molar-refractivity contribution is -0.163. The van der Waals surface area contributed by atoms with Crippen molar-refractivity contribution in [3.8, 4) is 0 Å². The topological polar surface area (TPSA) is 134 Å². The molecule has 12 nitrogen and oxygen atoms in total. The molecule has 0 aliphatic carbocycles. The fourth-order valence-electron chi connectivity index (χ4n) is 12.0. The van der Waals surface area contributed by atoms with Gasteiger partial charge in [0.2, 0.25) is 0 Å². The van der Waals surface area contributed by atoms with Gasteiger partial charge in [0.15, 0.2) is 18.9 Å². The lowest BCUT2D eigenvalue weighted by Crippen LogP contribution is -2.28. The number of hydrogen-bond donors (Lipinski definition) is 0. The Morgan fingerprint density at radius 2 is 0.495 bits per heavy atom. The second-order valence-corrected chi connectivity index (χ2v) is 26.2. The predicted octanol–water partition coefficient (Wildman–Crippen LogP) is 18.3. The van der Waals surface area contributed by atoms with E-state index in [2.05, 4.69) is 164 Å². The van der Waals surface area contributed by atoms with Crippen molar-refractivity contribution in [3.63, 3.8) is 0 Å². The summed E-state index contributed by atoms with van der Waals surface area (Å²) in [4.78, 5) is 36.2. The van der Waals surface area contributed by atoms with Crippen LogP contribution < -0.4 is 0 Å². The first kappa shape index (κ1) is 67.8. The maximum Gasteiger partial charge on any atom is 0.311 e. The molecule has 0 aliphatic heterocycles. The number of rotatable bonds is 27. The number of esters is 3. The van der Waals surface area contributed by atoms with Crippen LogP contribution in [0, 0.1) is 16.2 Å². The van der Waals surface area contributed by atoms with Gasteiger partial charge in [-0.25, -0.2) is 0 Å². The molecule has 0 amide bonds. The molecule has 12 rings (SSSR count). The average Bonchev–Trinajstić information content (AvgIpc) is 0.768. The van der Waals surface area contributed by atoms with E-state index in [1.54, 1.807) is 21.3 Å². The van der Waals surface area contributed by atoms with Crippen LogP contribution >= 0.6 is 0 Å². The quantitative estimate of drug-likeness (QED) is 0.0159. The molecule has 0 fully saturated rings. The lowest BCUT2D eigenvalue weighted by atomic mass is 9.91. The van der Waals surface area contributed by atoms with Gasteiger partial charge in [0.05, 0.1) is 36.1 Å². The normalized spacial score (nSPS) is 13.3. The number of methoxy groups -OCH3 is 3. The predicted molar refractivity (Wildman–Crippen MR) is 377 cm³/mol. The molecule has 0 saturated heterocycles. The highest BCUT2D eigenvalue weighted by molar-refractivity contribution is 6.25. The van der Waals surface area contributed by atoms with Crippen LogP contribution in [0.2, 0.25) is 0 Å². The van der Waals surface area contributed by atoms with E-state index in [-0.39, 0.29) is 37.7 Å². The minimum atomic E-state index is -0.468. The standard InChI is InChI=1S/3C27H30O4/c3*1-5-27(2,3)26(28)31-14-13-30-23(29-4)17-18-15-21-11-9-19-7-6-8-20-10-12-22(16-18)25(21)24(19)20/h3*6-12,15-16,23H,5,13-14,17H2,1-4H3. The summed E-state index contributed by atoms with van der Waals surface area (Å²) in [5, 5.41) is 22.8. The van der Waals surface area contributed by atoms with Crippen molar-refractivity contribution in [1.82, 2.24) is 0 Å². The molecule has 0 radical (unpaired) electrons. The fourth-order valence-corrected chi connectivity index (χ4v) is 12.0. The average molecular weight is 1260 g/mol. The van der Waals surface area contributed by atoms with Crippen molar-refractivity contribution in [3.05, 3.63) is 180 Å². The van der Waals surface area contributed by atoms with Crippen molar-refractivity contribution in [2.24, 2.45) is 16.2 Å². The fraction of sp³-hybridized carbons (Fsp3) is 0.370. The van der Waals surface area contributed by atoms with Gasteiger partial charge in [-0.1, -0.05) is 185 Å². The van der Waals surface area contributed by atoms with Crippen LogP contribution in [0.1, 0.15) is 98.3 Å². The van der Waals surface area contributed by atoms with E-state index in [4.69, 9.17) is 42.6 Å². The summed E-state index contributed by atoms with van der Waals surface area (Å²) < 4.78 is 50.2. The molecule has 3 unspecified atom stereocenters. The Balaban J connectivity index is 0.000000153. The third-order valence-electron chi connectivity index (χ3n) is 18.7. The molecule has 486 valence electrons. The first-order valence-electron chi connectivity index (χ1n) is 32.7. The van der Waals surface area contributed by atoms with Crippen LogP contribution in [0.15, 0.2) is 164 Å². The van der Waals surface area contributed by atoms with Crippen molar-refractivity contribution in [1.29, 1.82) is 0 Å². The highest BCUT2D eigenvalue weighted by Gasteiger charge is 2.29. The Bertz CT molecular complexity index is 3840. The van der Waals surface area contributed by atoms with Crippen LogP contribution in [0.3, 0.4) is 0 Å². The second-order valence-electron chi connectivity index (χ2n) is 26.2. The highest BCUT2D eigenvalue weighted by atomic mass is 16.7. The van der Waals surface area contributed by atoms with Gasteiger partial charge in [-0.2, -0.15) is 0 Å². The largest absolute Gasteiger partial charge is 0.463 e. The summed E-state index contributed by atoms with van der Waals surface area (Å²) in [6.07, 6.45) is 2.90. The van der Waals surface area contributed by atoms with E-state index in [9.17, 15) is 14.4 Å². The summed E-state index contributed by atoms with van der Waals surface area (Å²) in [6.45, 7) is 18.9. The van der Waals surface area contributed by atoms with E-state index in [0.717, 1.165) is 36.0 Å². The van der Waals surface area contributed by atoms with E-state index in [0.29, 0.717) is 39.1 Å². The van der Waals surface area contributed by atoms with Gasteiger partial charge in [0.1, 0.15) is 19.8 Å². The summed E-state index contributed by atoms with van der Waals surface area (Å²) in [6, 6.07) is 58.8. The van der Waals surface area contributed by atoms with Crippen molar-refractivity contribution in [2.45, 2.75) is 120 Å². The molecule has 12 aromatic rings. The van der Waals surface area contributed by atoms with Gasteiger partial charge in [0.25, 0.3) is 0 Å². The zero-order valence-corrected chi connectivity index (χ0v) is 56.2. The van der Waals surface area contributed by atoms with E-state index >= 15 is 0 Å². The minimum Gasteiger partial charge on any atom is -0.463 e. The molecular weight excluding hydrogens is 1160 g/mol. The number of carbonyl (C=O) groups is 3. The van der Waals surface area contributed by atoms with E-state index in [1.165, 1.54) is 97.0 Å². The van der Waals surface area contributed by atoms with Crippen LogP contribution in [0.25, 0.3) is 97.0 Å². The molecule has 0 N–H and O–H groups in total. The lowest BCUT2D eigenvalue weighted by Gasteiger charge is -2.21. The molecular formula is C81H90O12. The van der Waals surface area contributed by atoms with Crippen LogP contribution in [-0.2, 0) is 76.3 Å². The Morgan fingerprint density at radius 1 is 0.301 bits per heavy atom. The molecule has 12 heteroatoms. The molecule has 0 heterocycles. The van der Waals surface area contributed by atoms with Crippen molar-refractivity contribution < 1.29 is 57.0 Å². The maximum absolute atomic E-state index is 12.1. The molecule has 93 heavy (non-hydrogen) atoms. The molecule has 0 aliphatic rings. The summed E-state index contributed by atoms with van der Waals surface area (Å²) >= 11 is 0. The Hall–Kier alpha value is -8.07. The number of ether oxygens (including phenoxy) is 9. The number of benzene rings is 12. The van der Waals surface area contributed by atoms with Gasteiger partial charge in [-0.3, -0.25) is 14.4 Å². The summed E-state index contributed by atoms with van der Waals surface area (Å²) in [5.74, 6) is -0.585. The third kappa shape index (κ3) is 15.6.